The molecule has 7 rings (SSSR count). The van der Waals surface area contributed by atoms with Crippen molar-refractivity contribution < 1.29 is 14.3 Å². The van der Waals surface area contributed by atoms with Crippen molar-refractivity contribution in [2.45, 2.75) is 78.6 Å². The fourth-order valence-electron chi connectivity index (χ4n) is 8.10. The molecule has 2 aromatic heterocycles. The number of imidazole rings is 1. The third-order valence-corrected chi connectivity index (χ3v) is 11.8. The highest BCUT2D eigenvalue weighted by molar-refractivity contribution is 5.86. The summed E-state index contributed by atoms with van der Waals surface area (Å²) < 4.78 is 4.76. The number of benzene rings is 2. The van der Waals surface area contributed by atoms with Gasteiger partial charge in [-0.25, -0.2) is 14.8 Å². The number of rotatable bonds is 12. The van der Waals surface area contributed by atoms with Gasteiger partial charge in [0.1, 0.15) is 17.7 Å². The van der Waals surface area contributed by atoms with Crippen LogP contribution in [0.15, 0.2) is 73.1 Å². The van der Waals surface area contributed by atoms with Crippen LogP contribution >= 0.6 is 0 Å². The number of aromatic amines is 1. The van der Waals surface area contributed by atoms with Crippen molar-refractivity contribution in [3.8, 4) is 22.4 Å². The van der Waals surface area contributed by atoms with E-state index in [1.165, 1.54) is 20.1 Å². The van der Waals surface area contributed by atoms with E-state index in [4.69, 9.17) is 9.72 Å². The van der Waals surface area contributed by atoms with Gasteiger partial charge in [-0.1, -0.05) is 70.2 Å². The third kappa shape index (κ3) is 8.41. The highest BCUT2D eigenvalue weighted by atomic mass is 16.5. The van der Waals surface area contributed by atoms with Crippen LogP contribution in [-0.4, -0.2) is 88.7 Å². The number of nitrogens with one attached hydrogen (secondary N) is 3. The predicted molar refractivity (Wildman–Crippen MR) is 214 cm³/mol. The molecule has 0 radical (unpaired) electrons. The largest absolute Gasteiger partial charge is 0.453 e. The summed E-state index contributed by atoms with van der Waals surface area (Å²) in [4.78, 5) is 45.4. The maximum Gasteiger partial charge on any atom is 0.407 e. The maximum absolute atomic E-state index is 13.5. The Hall–Kier alpha value is -4.90. The van der Waals surface area contributed by atoms with Gasteiger partial charge in [-0.3, -0.25) is 9.69 Å². The normalized spacial score (nSPS) is 21.6. The second-order valence-corrected chi connectivity index (χ2v) is 16.5. The minimum atomic E-state index is -0.662. The van der Waals surface area contributed by atoms with Crippen LogP contribution in [0.5, 0.6) is 0 Å². The van der Waals surface area contributed by atoms with E-state index in [2.05, 4.69) is 112 Å². The molecule has 0 bridgehead atoms. The molecule has 1 saturated carbocycles. The molecule has 2 aromatic carbocycles. The van der Waals surface area contributed by atoms with Gasteiger partial charge in [0.25, 0.3) is 0 Å². The lowest BCUT2D eigenvalue weighted by atomic mass is 10.0. The SMILES string of the molecule is COC(=O)N[C@H](C(=O)N1CCC[C@H]1c1ncc(-c2ccc(-c3ccc(NCc4ccc(N5CCN(C[C@H]6CC6(C)C)C[C@H]5C)nc4)cc3)cc2)[nH]1)C(C)C. The van der Waals surface area contributed by atoms with Crippen LogP contribution in [0.2, 0.25) is 0 Å². The molecule has 11 heteroatoms. The molecule has 4 atom stereocenters. The average Bonchev–Trinajstić information content (AvgIpc) is 3.56. The average molecular weight is 733 g/mol. The predicted octanol–water partition coefficient (Wildman–Crippen LogP) is 7.35. The summed E-state index contributed by atoms with van der Waals surface area (Å²) in [6, 6.07) is 20.9. The van der Waals surface area contributed by atoms with Gasteiger partial charge in [0.2, 0.25) is 5.91 Å². The standard InChI is InChI=1S/C43H56N8O3/c1-28(2)39(48-42(53)54-6)41(52)51-19-7-8-37(51)40-46-25-36(47-40)33-12-10-31(11-13-33)32-14-16-35(17-15-32)44-23-30-9-18-38(45-24-30)50-21-20-49(26-29(50)3)27-34-22-43(34,4)5/h9-18,24-25,28-29,34,37,39,44H,7-8,19-23,26-27H2,1-6H3,(H,46,47)(H,48,53)/t29-,34-,37+,39+/m1/s1. The fraction of sp³-hybridized carbons (Fsp3) is 0.488. The molecule has 2 aliphatic heterocycles. The Balaban J connectivity index is 0.908. The zero-order valence-electron chi connectivity index (χ0n) is 32.6. The van der Waals surface area contributed by atoms with Crippen molar-refractivity contribution in [3.05, 3.63) is 84.4 Å². The molecular formula is C43H56N8O3. The number of aromatic nitrogens is 3. The van der Waals surface area contributed by atoms with Gasteiger partial charge in [0.15, 0.2) is 0 Å². The molecule has 3 fully saturated rings. The first-order valence-corrected chi connectivity index (χ1v) is 19.6. The molecule has 4 heterocycles. The van der Waals surface area contributed by atoms with Crippen molar-refractivity contribution in [2.75, 3.05) is 50.1 Å². The van der Waals surface area contributed by atoms with Crippen molar-refractivity contribution >= 4 is 23.5 Å². The highest BCUT2D eigenvalue weighted by Gasteiger charge is 2.46. The number of carbonyl (C=O) groups is 2. The number of H-pyrrole nitrogens is 1. The van der Waals surface area contributed by atoms with Crippen molar-refractivity contribution in [1.29, 1.82) is 0 Å². The first kappa shape index (κ1) is 37.4. The summed E-state index contributed by atoms with van der Waals surface area (Å²) in [5, 5.41) is 6.26. The number of pyridine rings is 1. The minimum absolute atomic E-state index is 0.0813. The van der Waals surface area contributed by atoms with Gasteiger partial charge >= 0.3 is 6.09 Å². The minimum Gasteiger partial charge on any atom is -0.453 e. The van der Waals surface area contributed by atoms with Gasteiger partial charge in [-0.05, 0) is 83.9 Å². The lowest BCUT2D eigenvalue weighted by Gasteiger charge is -2.41. The Bertz CT molecular complexity index is 1890. The Kier molecular flexibility index (Phi) is 11.0. The number of ether oxygens (including phenoxy) is 1. The first-order valence-electron chi connectivity index (χ1n) is 19.6. The first-order chi connectivity index (χ1) is 26.0. The topological polar surface area (TPSA) is 119 Å². The van der Waals surface area contributed by atoms with E-state index < -0.39 is 12.1 Å². The zero-order chi connectivity index (χ0) is 38.0. The molecule has 1 aliphatic carbocycles. The number of methoxy groups -OCH3 is 1. The number of likely N-dealkylation sites (tertiary alicyclic amines) is 1. The molecule has 2 saturated heterocycles. The van der Waals surface area contributed by atoms with Crippen LogP contribution in [0.1, 0.15) is 71.3 Å². The molecule has 3 N–H and O–H groups in total. The molecule has 2 amide bonds. The molecule has 286 valence electrons. The summed E-state index contributed by atoms with van der Waals surface area (Å²) in [6.45, 7) is 16.7. The third-order valence-electron chi connectivity index (χ3n) is 11.8. The van der Waals surface area contributed by atoms with E-state index in [0.29, 0.717) is 24.5 Å². The second kappa shape index (κ2) is 15.8. The fourth-order valence-corrected chi connectivity index (χ4v) is 8.10. The quantitative estimate of drug-likeness (QED) is 0.138. The Morgan fingerprint density at radius 3 is 2.28 bits per heavy atom. The van der Waals surface area contributed by atoms with Crippen LogP contribution in [0.25, 0.3) is 22.4 Å². The number of anilines is 2. The van der Waals surface area contributed by atoms with E-state index in [9.17, 15) is 9.59 Å². The number of nitrogens with zero attached hydrogens (tertiary/aromatic N) is 5. The Morgan fingerprint density at radius 1 is 0.944 bits per heavy atom. The summed E-state index contributed by atoms with van der Waals surface area (Å²) in [6.07, 6.45) is 6.28. The summed E-state index contributed by atoms with van der Waals surface area (Å²) >= 11 is 0. The Morgan fingerprint density at radius 2 is 1.65 bits per heavy atom. The van der Waals surface area contributed by atoms with Gasteiger partial charge < -0.3 is 30.2 Å². The number of carbonyl (C=O) groups excluding carboxylic acids is 2. The molecule has 54 heavy (non-hydrogen) atoms. The van der Waals surface area contributed by atoms with E-state index in [0.717, 1.165) is 83.7 Å². The molecular weight excluding hydrogens is 677 g/mol. The van der Waals surface area contributed by atoms with Crippen LogP contribution in [0, 0.1) is 17.3 Å². The number of piperazine rings is 1. The Labute approximate surface area is 319 Å². The molecule has 0 unspecified atom stereocenters. The van der Waals surface area contributed by atoms with Crippen LogP contribution in [0.4, 0.5) is 16.3 Å². The zero-order valence-corrected chi connectivity index (χ0v) is 32.6. The smallest absolute Gasteiger partial charge is 0.407 e. The number of alkyl carbamates (subject to hydrolysis) is 1. The van der Waals surface area contributed by atoms with Crippen LogP contribution < -0.4 is 15.5 Å². The highest BCUT2D eigenvalue weighted by Crippen LogP contribution is 2.52. The van der Waals surface area contributed by atoms with Gasteiger partial charge in [-0.15, -0.1) is 0 Å². The number of hydrogen-bond acceptors (Lipinski definition) is 8. The number of hydrogen-bond donors (Lipinski definition) is 3. The summed E-state index contributed by atoms with van der Waals surface area (Å²) in [7, 11) is 1.30. The van der Waals surface area contributed by atoms with Crippen molar-refractivity contribution in [1.82, 2.24) is 30.1 Å². The van der Waals surface area contributed by atoms with Crippen molar-refractivity contribution in [3.63, 3.8) is 0 Å². The lowest BCUT2D eigenvalue weighted by Crippen LogP contribution is -2.52. The van der Waals surface area contributed by atoms with E-state index in [-0.39, 0.29) is 17.9 Å². The molecule has 3 aliphatic rings. The van der Waals surface area contributed by atoms with Gasteiger partial charge in [0.05, 0.1) is 25.0 Å². The lowest BCUT2D eigenvalue weighted by molar-refractivity contribution is -0.135. The van der Waals surface area contributed by atoms with Crippen LogP contribution in [0.3, 0.4) is 0 Å². The van der Waals surface area contributed by atoms with E-state index in [1.807, 2.05) is 31.1 Å². The second-order valence-electron chi connectivity index (χ2n) is 16.5. The summed E-state index contributed by atoms with van der Waals surface area (Å²) in [5.74, 6) is 2.48. The van der Waals surface area contributed by atoms with E-state index in [1.54, 1.807) is 0 Å². The summed E-state index contributed by atoms with van der Waals surface area (Å²) in [5.41, 5.74) is 6.94. The van der Waals surface area contributed by atoms with E-state index >= 15 is 0 Å². The van der Waals surface area contributed by atoms with Gasteiger partial charge in [-0.2, -0.15) is 0 Å². The molecule has 11 nitrogen and oxygen atoms in total. The number of amides is 2. The van der Waals surface area contributed by atoms with Crippen LogP contribution in [-0.2, 0) is 16.1 Å². The molecule has 4 aromatic rings. The maximum atomic E-state index is 13.5. The van der Waals surface area contributed by atoms with Crippen molar-refractivity contribution in [2.24, 2.45) is 17.3 Å². The van der Waals surface area contributed by atoms with Gasteiger partial charge in [0, 0.05) is 57.2 Å². The molecule has 0 spiro atoms. The monoisotopic (exact) mass is 732 g/mol.